The number of nitrogens with one attached hydrogen (secondary N) is 3. The van der Waals surface area contributed by atoms with Crippen molar-refractivity contribution in [3.8, 4) is 6.07 Å². The Bertz CT molecular complexity index is 783. The Hall–Kier alpha value is -2.56. The van der Waals surface area contributed by atoms with Crippen LogP contribution in [0.25, 0.3) is 0 Å². The SMILES string of the molecule is CCCC1NNC2OC(N)=C(C#N)C3(C(=O)Nc4ccccc43)C12. The number of carbonyl (C=O) groups excluding carboxylic acids is 1. The molecule has 1 saturated heterocycles. The lowest BCUT2D eigenvalue weighted by Crippen LogP contribution is -2.55. The highest BCUT2D eigenvalue weighted by molar-refractivity contribution is 6.09. The minimum absolute atomic E-state index is 0.00615. The summed E-state index contributed by atoms with van der Waals surface area (Å²) in [6, 6.07) is 9.62. The fourth-order valence-corrected chi connectivity index (χ4v) is 4.33. The first-order valence-electron chi connectivity index (χ1n) is 8.13. The summed E-state index contributed by atoms with van der Waals surface area (Å²) in [6.07, 6.45) is 1.34. The normalized spacial score (nSPS) is 33.7. The molecule has 4 atom stereocenters. The Morgan fingerprint density at radius 2 is 2.17 bits per heavy atom. The van der Waals surface area contributed by atoms with Gasteiger partial charge in [0.2, 0.25) is 11.8 Å². The van der Waals surface area contributed by atoms with Crippen molar-refractivity contribution < 1.29 is 9.53 Å². The van der Waals surface area contributed by atoms with Crippen LogP contribution in [-0.4, -0.2) is 18.2 Å². The average molecular weight is 325 g/mol. The standard InChI is InChI=1S/C17H19N5O2/c1-2-5-12-13-15(22-21-12)24-14(19)10(8-18)17(13)9-6-3-4-7-11(9)20-16(17)23/h3-4,6-7,12-13,15,21-22H,2,5,19H2,1H3,(H,20,23). The van der Waals surface area contributed by atoms with Crippen molar-refractivity contribution in [2.45, 2.75) is 37.5 Å². The van der Waals surface area contributed by atoms with E-state index in [1.54, 1.807) is 0 Å². The topological polar surface area (TPSA) is 112 Å². The Balaban J connectivity index is 1.99. The van der Waals surface area contributed by atoms with Gasteiger partial charge in [-0.1, -0.05) is 31.5 Å². The lowest BCUT2D eigenvalue weighted by molar-refractivity contribution is -0.124. The molecule has 0 aliphatic carbocycles. The molecule has 4 rings (SSSR count). The predicted molar refractivity (Wildman–Crippen MR) is 86.9 cm³/mol. The molecular weight excluding hydrogens is 306 g/mol. The summed E-state index contributed by atoms with van der Waals surface area (Å²) in [4.78, 5) is 13.2. The summed E-state index contributed by atoms with van der Waals surface area (Å²) in [7, 11) is 0. The Kier molecular flexibility index (Phi) is 3.27. The van der Waals surface area contributed by atoms with Gasteiger partial charge in [0.05, 0.1) is 5.92 Å². The van der Waals surface area contributed by atoms with Gasteiger partial charge in [-0.2, -0.15) is 5.26 Å². The third-order valence-electron chi connectivity index (χ3n) is 5.24. The monoisotopic (exact) mass is 325 g/mol. The number of rotatable bonds is 2. The summed E-state index contributed by atoms with van der Waals surface area (Å²) in [5, 5.41) is 12.7. The number of para-hydroxylation sites is 1. The molecule has 3 aliphatic heterocycles. The van der Waals surface area contributed by atoms with Crippen LogP contribution in [0.5, 0.6) is 0 Å². The molecule has 24 heavy (non-hydrogen) atoms. The highest BCUT2D eigenvalue weighted by atomic mass is 16.5. The number of hydrogen-bond donors (Lipinski definition) is 4. The molecule has 3 heterocycles. The minimum Gasteiger partial charge on any atom is -0.458 e. The van der Waals surface area contributed by atoms with Gasteiger partial charge in [0.15, 0.2) is 6.23 Å². The molecule has 124 valence electrons. The van der Waals surface area contributed by atoms with E-state index < -0.39 is 11.6 Å². The number of fused-ring (bicyclic) bond motifs is 4. The number of benzene rings is 1. The number of hydrazine groups is 1. The first-order chi connectivity index (χ1) is 11.6. The summed E-state index contributed by atoms with van der Waals surface area (Å²) in [5.41, 5.74) is 12.9. The minimum atomic E-state index is -1.13. The van der Waals surface area contributed by atoms with E-state index in [0.717, 1.165) is 24.1 Å². The number of amides is 1. The van der Waals surface area contributed by atoms with E-state index in [4.69, 9.17) is 10.5 Å². The van der Waals surface area contributed by atoms with E-state index in [9.17, 15) is 10.1 Å². The van der Waals surface area contributed by atoms with Gasteiger partial charge in [-0.3, -0.25) is 10.2 Å². The smallest absolute Gasteiger partial charge is 0.241 e. The van der Waals surface area contributed by atoms with Gasteiger partial charge in [0.25, 0.3) is 0 Å². The van der Waals surface area contributed by atoms with E-state index >= 15 is 0 Å². The van der Waals surface area contributed by atoms with E-state index in [2.05, 4.69) is 29.2 Å². The van der Waals surface area contributed by atoms with Gasteiger partial charge in [0, 0.05) is 11.7 Å². The highest BCUT2D eigenvalue weighted by Gasteiger charge is 2.65. The van der Waals surface area contributed by atoms with Crippen LogP contribution in [-0.2, 0) is 14.9 Å². The number of ether oxygens (including phenoxy) is 1. The number of carbonyl (C=O) groups is 1. The van der Waals surface area contributed by atoms with E-state index in [-0.39, 0.29) is 29.3 Å². The molecular formula is C17H19N5O2. The summed E-state index contributed by atoms with van der Waals surface area (Å²) >= 11 is 0. The number of hydrogen-bond acceptors (Lipinski definition) is 6. The van der Waals surface area contributed by atoms with Crippen LogP contribution in [0.4, 0.5) is 5.69 Å². The first-order valence-corrected chi connectivity index (χ1v) is 8.13. The van der Waals surface area contributed by atoms with Gasteiger partial charge in [0.1, 0.15) is 17.1 Å². The molecule has 0 saturated carbocycles. The van der Waals surface area contributed by atoms with Gasteiger partial charge >= 0.3 is 0 Å². The van der Waals surface area contributed by atoms with Crippen LogP contribution >= 0.6 is 0 Å². The van der Waals surface area contributed by atoms with Crippen molar-refractivity contribution >= 4 is 11.6 Å². The summed E-state index contributed by atoms with van der Waals surface area (Å²) in [6.45, 7) is 2.09. The number of nitrogens with zero attached hydrogens (tertiary/aromatic N) is 1. The van der Waals surface area contributed by atoms with Crippen LogP contribution < -0.4 is 21.9 Å². The molecule has 4 unspecified atom stereocenters. The van der Waals surface area contributed by atoms with Crippen LogP contribution in [0.2, 0.25) is 0 Å². The van der Waals surface area contributed by atoms with Gasteiger partial charge < -0.3 is 15.8 Å². The van der Waals surface area contributed by atoms with Gasteiger partial charge in [-0.15, -0.1) is 0 Å². The largest absolute Gasteiger partial charge is 0.458 e. The van der Waals surface area contributed by atoms with E-state index in [0.29, 0.717) is 0 Å². The molecule has 0 bridgehead atoms. The molecule has 0 radical (unpaired) electrons. The average Bonchev–Trinajstić information content (AvgIpc) is 3.09. The fourth-order valence-electron chi connectivity index (χ4n) is 4.33. The second-order valence-corrected chi connectivity index (χ2v) is 6.41. The Labute approximate surface area is 139 Å². The number of anilines is 1. The van der Waals surface area contributed by atoms with E-state index in [1.807, 2.05) is 24.3 Å². The molecule has 0 aromatic heterocycles. The molecule has 1 aromatic rings. The van der Waals surface area contributed by atoms with Gasteiger partial charge in [-0.05, 0) is 18.1 Å². The van der Waals surface area contributed by atoms with Crippen molar-refractivity contribution in [1.82, 2.24) is 10.9 Å². The van der Waals surface area contributed by atoms with E-state index in [1.165, 1.54) is 0 Å². The fraction of sp³-hybridized carbons (Fsp3) is 0.412. The maximum atomic E-state index is 13.2. The summed E-state index contributed by atoms with van der Waals surface area (Å²) in [5.74, 6) is -0.465. The molecule has 1 fully saturated rings. The van der Waals surface area contributed by atoms with Crippen molar-refractivity contribution in [2.24, 2.45) is 11.7 Å². The summed E-state index contributed by atoms with van der Waals surface area (Å²) < 4.78 is 5.72. The van der Waals surface area contributed by atoms with Crippen molar-refractivity contribution in [3.63, 3.8) is 0 Å². The lowest BCUT2D eigenvalue weighted by atomic mass is 9.62. The predicted octanol–water partition coefficient (Wildman–Crippen LogP) is 0.819. The highest BCUT2D eigenvalue weighted by Crippen LogP contribution is 2.54. The second kappa shape index (κ2) is 5.23. The Morgan fingerprint density at radius 1 is 1.38 bits per heavy atom. The second-order valence-electron chi connectivity index (χ2n) is 6.41. The quantitative estimate of drug-likeness (QED) is 0.640. The van der Waals surface area contributed by atoms with Crippen LogP contribution in [0.3, 0.4) is 0 Å². The zero-order valence-corrected chi connectivity index (χ0v) is 13.3. The van der Waals surface area contributed by atoms with Gasteiger partial charge in [-0.25, -0.2) is 5.43 Å². The third kappa shape index (κ3) is 1.70. The molecule has 1 aromatic carbocycles. The zero-order chi connectivity index (χ0) is 16.9. The molecule has 5 N–H and O–H groups in total. The first kappa shape index (κ1) is 15.0. The van der Waals surface area contributed by atoms with Crippen LogP contribution in [0.1, 0.15) is 25.3 Å². The molecule has 1 spiro atoms. The molecule has 1 amide bonds. The van der Waals surface area contributed by atoms with Crippen molar-refractivity contribution in [1.29, 1.82) is 5.26 Å². The number of nitriles is 1. The van der Waals surface area contributed by atoms with Crippen LogP contribution in [0.15, 0.2) is 35.7 Å². The lowest BCUT2D eigenvalue weighted by Gasteiger charge is -2.42. The maximum Gasteiger partial charge on any atom is 0.241 e. The maximum absolute atomic E-state index is 13.2. The van der Waals surface area contributed by atoms with Crippen LogP contribution in [0, 0.1) is 17.2 Å². The van der Waals surface area contributed by atoms with Crippen molar-refractivity contribution in [2.75, 3.05) is 5.32 Å². The zero-order valence-electron chi connectivity index (χ0n) is 13.3. The van der Waals surface area contributed by atoms with Crippen molar-refractivity contribution in [3.05, 3.63) is 41.3 Å². The Morgan fingerprint density at radius 3 is 2.92 bits per heavy atom. The molecule has 7 heteroatoms. The number of nitrogens with two attached hydrogens (primary N) is 1. The third-order valence-corrected chi connectivity index (χ3v) is 5.24. The molecule has 7 nitrogen and oxygen atoms in total. The molecule has 3 aliphatic rings.